The van der Waals surface area contributed by atoms with Crippen LogP contribution in [0, 0.1) is 6.92 Å². The van der Waals surface area contributed by atoms with Gasteiger partial charge >= 0.3 is 0 Å². The number of benzene rings is 4. The molecule has 1 N–H and O–H groups in total. The van der Waals surface area contributed by atoms with Crippen molar-refractivity contribution in [3.63, 3.8) is 0 Å². The normalized spacial score (nSPS) is 11.8. The predicted molar refractivity (Wildman–Crippen MR) is 184 cm³/mol. The maximum absolute atomic E-state index is 14.6. The summed E-state index contributed by atoms with van der Waals surface area (Å²) in [5.41, 5.74) is 2.50. The van der Waals surface area contributed by atoms with E-state index in [2.05, 4.69) is 5.32 Å². The first-order valence-electron chi connectivity index (χ1n) is 15.2. The molecule has 0 bridgehead atoms. The second-order valence-corrected chi connectivity index (χ2v) is 13.3. The molecule has 0 heterocycles. The van der Waals surface area contributed by atoms with Crippen LogP contribution in [-0.4, -0.2) is 58.5 Å². The number of amides is 2. The standard InChI is InChI=1S/C36H40ClN3O6S/c1-5-20-38-36(42)33(22-27-10-7-6-8-11-27)39(24-28-12-9-13-30(21-28)45-3)35(41)25-40(32-23-29(37)16-19-34(32)46-4)47(43,44)31-17-14-26(2)15-18-31/h6-19,21,23,33H,5,20,22,24-25H2,1-4H3,(H,38,42)/t33-/m1/s1. The third-order valence-corrected chi connectivity index (χ3v) is 9.61. The van der Waals surface area contributed by atoms with Crippen LogP contribution >= 0.6 is 11.6 Å². The fourth-order valence-corrected chi connectivity index (χ4v) is 6.68. The largest absolute Gasteiger partial charge is 0.497 e. The number of carbonyl (C=O) groups is 2. The van der Waals surface area contributed by atoms with Crippen LogP contribution in [-0.2, 0) is 32.6 Å². The van der Waals surface area contributed by atoms with Gasteiger partial charge in [0.25, 0.3) is 10.0 Å². The molecule has 4 rings (SSSR count). The number of aryl methyl sites for hydroxylation is 1. The Kier molecular flexibility index (Phi) is 12.3. The summed E-state index contributed by atoms with van der Waals surface area (Å²) in [6.45, 7) is 3.59. The summed E-state index contributed by atoms with van der Waals surface area (Å²) in [6.07, 6.45) is 0.905. The molecule has 9 nitrogen and oxygen atoms in total. The molecule has 0 fully saturated rings. The first-order chi connectivity index (χ1) is 22.6. The third-order valence-electron chi connectivity index (χ3n) is 7.60. The summed E-state index contributed by atoms with van der Waals surface area (Å²) in [5.74, 6) is -0.158. The molecule has 0 unspecified atom stereocenters. The number of nitrogens with one attached hydrogen (secondary N) is 1. The molecule has 0 radical (unpaired) electrons. The molecule has 2 amide bonds. The highest BCUT2D eigenvalue weighted by Gasteiger charge is 2.35. The molecular formula is C36H40ClN3O6S. The summed E-state index contributed by atoms with van der Waals surface area (Å²) in [4.78, 5) is 29.9. The second-order valence-electron chi connectivity index (χ2n) is 11.0. The van der Waals surface area contributed by atoms with Gasteiger partial charge in [-0.3, -0.25) is 13.9 Å². The van der Waals surface area contributed by atoms with Gasteiger partial charge in [0.2, 0.25) is 11.8 Å². The Morgan fingerprint density at radius 1 is 0.872 bits per heavy atom. The van der Waals surface area contributed by atoms with Crippen LogP contribution in [0.5, 0.6) is 11.5 Å². The zero-order chi connectivity index (χ0) is 34.0. The quantitative estimate of drug-likeness (QED) is 0.165. The molecule has 0 aromatic heterocycles. The minimum Gasteiger partial charge on any atom is -0.497 e. The van der Waals surface area contributed by atoms with Crippen molar-refractivity contribution in [2.24, 2.45) is 0 Å². The van der Waals surface area contributed by atoms with Gasteiger partial charge in [0.15, 0.2) is 0 Å². The van der Waals surface area contributed by atoms with Crippen LogP contribution in [0.4, 0.5) is 5.69 Å². The predicted octanol–water partition coefficient (Wildman–Crippen LogP) is 6.03. The molecule has 248 valence electrons. The van der Waals surface area contributed by atoms with Gasteiger partial charge in [-0.2, -0.15) is 0 Å². The lowest BCUT2D eigenvalue weighted by Gasteiger charge is -2.34. The number of ether oxygens (including phenoxy) is 2. The number of halogens is 1. The van der Waals surface area contributed by atoms with E-state index in [-0.39, 0.29) is 40.2 Å². The smallest absolute Gasteiger partial charge is 0.264 e. The Bertz CT molecular complexity index is 1770. The zero-order valence-electron chi connectivity index (χ0n) is 27.0. The SMILES string of the molecule is CCCNC(=O)[C@@H](Cc1ccccc1)N(Cc1cccc(OC)c1)C(=O)CN(c1cc(Cl)ccc1OC)S(=O)(=O)c1ccc(C)cc1. The number of hydrogen-bond acceptors (Lipinski definition) is 6. The van der Waals surface area contributed by atoms with Crippen molar-refractivity contribution >= 4 is 39.1 Å². The van der Waals surface area contributed by atoms with E-state index in [1.807, 2.05) is 50.2 Å². The lowest BCUT2D eigenvalue weighted by atomic mass is 10.0. The molecule has 0 saturated heterocycles. The molecule has 0 aliphatic rings. The first kappa shape index (κ1) is 35.3. The van der Waals surface area contributed by atoms with Crippen molar-refractivity contribution in [1.82, 2.24) is 10.2 Å². The van der Waals surface area contributed by atoms with Gasteiger partial charge < -0.3 is 19.7 Å². The highest BCUT2D eigenvalue weighted by Crippen LogP contribution is 2.35. The van der Waals surface area contributed by atoms with Gasteiger partial charge in [-0.25, -0.2) is 8.42 Å². The molecule has 0 aliphatic heterocycles. The highest BCUT2D eigenvalue weighted by molar-refractivity contribution is 7.92. The van der Waals surface area contributed by atoms with Crippen LogP contribution in [0.3, 0.4) is 0 Å². The number of methoxy groups -OCH3 is 2. The Morgan fingerprint density at radius 2 is 1.57 bits per heavy atom. The van der Waals surface area contributed by atoms with Gasteiger partial charge in [0.05, 0.1) is 24.8 Å². The van der Waals surface area contributed by atoms with Crippen LogP contribution in [0.1, 0.15) is 30.0 Å². The summed E-state index contributed by atoms with van der Waals surface area (Å²) in [6, 6.07) is 26.5. The topological polar surface area (TPSA) is 105 Å². The summed E-state index contributed by atoms with van der Waals surface area (Å²) in [5, 5.41) is 3.20. The maximum Gasteiger partial charge on any atom is 0.264 e. The minimum atomic E-state index is -4.32. The average Bonchev–Trinajstić information content (AvgIpc) is 3.08. The third kappa shape index (κ3) is 9.05. The molecular weight excluding hydrogens is 638 g/mol. The molecule has 0 saturated carbocycles. The number of carbonyl (C=O) groups excluding carboxylic acids is 2. The van der Waals surface area contributed by atoms with Crippen molar-refractivity contribution in [2.45, 2.75) is 44.2 Å². The Balaban J connectivity index is 1.85. The number of anilines is 1. The molecule has 0 spiro atoms. The van der Waals surface area contributed by atoms with Gasteiger partial charge in [0.1, 0.15) is 24.1 Å². The van der Waals surface area contributed by atoms with Crippen molar-refractivity contribution < 1.29 is 27.5 Å². The number of nitrogens with zero attached hydrogens (tertiary/aromatic N) is 2. The van der Waals surface area contributed by atoms with E-state index in [0.29, 0.717) is 24.3 Å². The lowest BCUT2D eigenvalue weighted by molar-refractivity contribution is -0.140. The summed E-state index contributed by atoms with van der Waals surface area (Å²) >= 11 is 6.36. The minimum absolute atomic E-state index is 0.0121. The van der Waals surface area contributed by atoms with E-state index < -0.39 is 28.5 Å². The molecule has 4 aromatic carbocycles. The van der Waals surface area contributed by atoms with Crippen LogP contribution in [0.15, 0.2) is 102 Å². The van der Waals surface area contributed by atoms with Crippen LogP contribution in [0.25, 0.3) is 0 Å². The van der Waals surface area contributed by atoms with Gasteiger partial charge in [-0.1, -0.05) is 78.7 Å². The maximum atomic E-state index is 14.6. The average molecular weight is 678 g/mol. The lowest BCUT2D eigenvalue weighted by Crippen LogP contribution is -2.53. The van der Waals surface area contributed by atoms with E-state index in [1.54, 1.807) is 49.6 Å². The van der Waals surface area contributed by atoms with E-state index >= 15 is 0 Å². The highest BCUT2D eigenvalue weighted by atomic mass is 35.5. The molecule has 0 aliphatic carbocycles. The van der Waals surface area contributed by atoms with Crippen molar-refractivity contribution in [3.05, 3.63) is 119 Å². The van der Waals surface area contributed by atoms with E-state index in [4.69, 9.17) is 21.1 Å². The zero-order valence-corrected chi connectivity index (χ0v) is 28.6. The Hall–Kier alpha value is -4.54. The van der Waals surface area contributed by atoms with E-state index in [1.165, 1.54) is 30.2 Å². The molecule has 1 atom stereocenters. The van der Waals surface area contributed by atoms with Crippen molar-refractivity contribution in [2.75, 3.05) is 31.6 Å². The van der Waals surface area contributed by atoms with Crippen molar-refractivity contribution in [1.29, 1.82) is 0 Å². The van der Waals surface area contributed by atoms with E-state index in [9.17, 15) is 18.0 Å². The van der Waals surface area contributed by atoms with Crippen molar-refractivity contribution in [3.8, 4) is 11.5 Å². The molecule has 4 aromatic rings. The fraction of sp³-hybridized carbons (Fsp3) is 0.278. The van der Waals surface area contributed by atoms with Crippen LogP contribution < -0.4 is 19.1 Å². The fourth-order valence-electron chi connectivity index (χ4n) is 5.10. The monoisotopic (exact) mass is 677 g/mol. The Morgan fingerprint density at radius 3 is 2.23 bits per heavy atom. The first-order valence-corrected chi connectivity index (χ1v) is 17.1. The second kappa shape index (κ2) is 16.3. The molecule has 11 heteroatoms. The van der Waals surface area contributed by atoms with Crippen LogP contribution in [0.2, 0.25) is 5.02 Å². The molecule has 47 heavy (non-hydrogen) atoms. The summed E-state index contributed by atoms with van der Waals surface area (Å²) < 4.78 is 40.6. The number of sulfonamides is 1. The van der Waals surface area contributed by atoms with Gasteiger partial charge in [-0.15, -0.1) is 0 Å². The Labute approximate surface area is 282 Å². The number of rotatable bonds is 15. The van der Waals surface area contributed by atoms with E-state index in [0.717, 1.165) is 15.4 Å². The number of hydrogen-bond donors (Lipinski definition) is 1. The van der Waals surface area contributed by atoms with Gasteiger partial charge in [-0.05, 0) is 66.9 Å². The van der Waals surface area contributed by atoms with Gasteiger partial charge in [0, 0.05) is 24.5 Å². The summed E-state index contributed by atoms with van der Waals surface area (Å²) in [7, 11) is -1.37.